The quantitative estimate of drug-likeness (QED) is 0.198. The van der Waals surface area contributed by atoms with E-state index in [1.54, 1.807) is 0 Å². The van der Waals surface area contributed by atoms with Gasteiger partial charge >= 0.3 is 0 Å². The van der Waals surface area contributed by atoms with Crippen LogP contribution in [-0.2, 0) is 0 Å². The lowest BCUT2D eigenvalue weighted by molar-refractivity contribution is 0.669. The standard InChI is InChI=1S/C42H26O/c1-2-11-27(12-3-1)29-21-23-36-38(25-29)42(33-19-10-14-28-13-4-5-15-31(28)33)35-18-7-6-17-34(35)41(36)30-22-24-40-37(26-30)32-16-8-9-20-39(32)43-40/h1-26H/i6D,7D,17D,18D,21D,23D,25D. The van der Waals surface area contributed by atoms with E-state index in [4.69, 9.17) is 7.16 Å². The van der Waals surface area contributed by atoms with Gasteiger partial charge in [0.25, 0.3) is 0 Å². The second kappa shape index (κ2) is 9.44. The summed E-state index contributed by atoms with van der Waals surface area (Å²) >= 11 is 0. The number of benzene rings is 8. The largest absolute Gasteiger partial charge is 0.456 e. The van der Waals surface area contributed by atoms with Gasteiger partial charge in [0.05, 0.1) is 9.60 Å². The number of para-hydroxylation sites is 1. The predicted octanol–water partition coefficient (Wildman–Crippen LogP) is 12.0. The average Bonchev–Trinajstić information content (AvgIpc) is 3.52. The molecule has 0 N–H and O–H groups in total. The van der Waals surface area contributed by atoms with Gasteiger partial charge in [0.1, 0.15) is 11.2 Å². The van der Waals surface area contributed by atoms with Crippen LogP contribution in [0.2, 0.25) is 0 Å². The Morgan fingerprint density at radius 2 is 1.12 bits per heavy atom. The van der Waals surface area contributed by atoms with Crippen molar-refractivity contribution in [3.63, 3.8) is 0 Å². The van der Waals surface area contributed by atoms with Gasteiger partial charge in [0, 0.05) is 10.8 Å². The molecule has 0 radical (unpaired) electrons. The Kier molecular flexibility index (Phi) is 3.95. The fraction of sp³-hybridized carbons (Fsp3) is 0. The van der Waals surface area contributed by atoms with Crippen LogP contribution >= 0.6 is 0 Å². The molecule has 0 spiro atoms. The van der Waals surface area contributed by atoms with Gasteiger partial charge in [-0.2, -0.15) is 0 Å². The van der Waals surface area contributed by atoms with Gasteiger partial charge < -0.3 is 4.42 Å². The van der Waals surface area contributed by atoms with E-state index in [0.717, 1.165) is 21.5 Å². The van der Waals surface area contributed by atoms with E-state index in [1.807, 2.05) is 115 Å². The molecule has 0 saturated heterocycles. The Bertz CT molecular complexity index is 2890. The third-order valence-electron chi connectivity index (χ3n) is 8.29. The summed E-state index contributed by atoms with van der Waals surface area (Å²) in [6, 6.07) is 34.5. The van der Waals surface area contributed by atoms with E-state index in [0.29, 0.717) is 44.4 Å². The lowest BCUT2D eigenvalue weighted by Crippen LogP contribution is -1.92. The first-order valence-corrected chi connectivity index (χ1v) is 14.2. The third-order valence-corrected chi connectivity index (χ3v) is 8.29. The molecule has 8 aromatic carbocycles. The molecule has 200 valence electrons. The highest BCUT2D eigenvalue weighted by atomic mass is 16.3. The molecule has 1 nitrogen and oxygen atoms in total. The molecular formula is C42H26O. The molecule has 1 heterocycles. The smallest absolute Gasteiger partial charge is 0.135 e. The summed E-state index contributed by atoms with van der Waals surface area (Å²) in [6.45, 7) is 0. The Hall–Kier alpha value is -5.66. The Morgan fingerprint density at radius 1 is 0.419 bits per heavy atom. The molecule has 0 aliphatic heterocycles. The average molecular weight is 554 g/mol. The van der Waals surface area contributed by atoms with Crippen LogP contribution in [0.15, 0.2) is 162 Å². The fourth-order valence-corrected chi connectivity index (χ4v) is 6.35. The van der Waals surface area contributed by atoms with Gasteiger partial charge in [0.15, 0.2) is 0 Å². The minimum atomic E-state index is -0.397. The number of rotatable bonds is 3. The van der Waals surface area contributed by atoms with Crippen molar-refractivity contribution in [2.75, 3.05) is 0 Å². The van der Waals surface area contributed by atoms with Gasteiger partial charge in [-0.25, -0.2) is 0 Å². The number of furan rings is 1. The second-order valence-corrected chi connectivity index (χ2v) is 10.7. The molecule has 0 fully saturated rings. The molecule has 9 aromatic rings. The number of hydrogen-bond donors (Lipinski definition) is 0. The molecule has 9 rings (SSSR count). The Balaban J connectivity index is 1.59. The van der Waals surface area contributed by atoms with E-state index >= 15 is 0 Å². The van der Waals surface area contributed by atoms with Gasteiger partial charge in [-0.05, 0) is 89.9 Å². The predicted molar refractivity (Wildman–Crippen MR) is 183 cm³/mol. The van der Waals surface area contributed by atoms with Crippen molar-refractivity contribution < 1.29 is 14.0 Å². The first-order chi connectivity index (χ1) is 24.3. The van der Waals surface area contributed by atoms with Crippen molar-refractivity contribution in [1.29, 1.82) is 0 Å². The highest BCUT2D eigenvalue weighted by Gasteiger charge is 2.19. The minimum absolute atomic E-state index is 0.0144. The molecule has 1 heteroatoms. The van der Waals surface area contributed by atoms with E-state index in [-0.39, 0.29) is 58.0 Å². The lowest BCUT2D eigenvalue weighted by Gasteiger charge is -2.19. The molecule has 0 saturated carbocycles. The van der Waals surface area contributed by atoms with Crippen LogP contribution in [0.1, 0.15) is 9.60 Å². The summed E-state index contributed by atoms with van der Waals surface area (Å²) < 4.78 is 71.4. The zero-order valence-corrected chi connectivity index (χ0v) is 22.9. The maximum absolute atomic E-state index is 9.87. The summed E-state index contributed by atoms with van der Waals surface area (Å²) in [6.07, 6.45) is 0. The minimum Gasteiger partial charge on any atom is -0.456 e. The topological polar surface area (TPSA) is 13.1 Å². The normalized spacial score (nSPS) is 14.0. The van der Waals surface area contributed by atoms with Crippen LogP contribution in [0, 0.1) is 0 Å². The first kappa shape index (κ1) is 18.0. The molecule has 0 unspecified atom stereocenters. The van der Waals surface area contributed by atoms with Crippen molar-refractivity contribution in [2.45, 2.75) is 0 Å². The van der Waals surface area contributed by atoms with Crippen molar-refractivity contribution in [1.82, 2.24) is 0 Å². The van der Waals surface area contributed by atoms with E-state index < -0.39 is 6.04 Å². The molecular weight excluding hydrogens is 520 g/mol. The highest BCUT2D eigenvalue weighted by Crippen LogP contribution is 2.47. The number of hydrogen-bond acceptors (Lipinski definition) is 1. The second-order valence-electron chi connectivity index (χ2n) is 10.7. The summed E-state index contributed by atoms with van der Waals surface area (Å²) in [5.41, 5.74) is 4.34. The SMILES string of the molecule is [2H]c1c([2H])c([2H])c2c(-c3cccc4ccccc34)c3c([2H])c(-c4ccccc4)c([2H])c([2H])c3c(-c3ccc4oc5ccccc5c4c3)c2c1[2H]. The third kappa shape index (κ3) is 3.72. The summed E-state index contributed by atoms with van der Waals surface area (Å²) in [5, 5.41) is 4.58. The van der Waals surface area contributed by atoms with Crippen LogP contribution < -0.4 is 0 Å². The molecule has 0 bridgehead atoms. The van der Waals surface area contributed by atoms with Crippen LogP contribution in [0.5, 0.6) is 0 Å². The molecule has 0 amide bonds. The van der Waals surface area contributed by atoms with Crippen molar-refractivity contribution in [3.8, 4) is 33.4 Å². The van der Waals surface area contributed by atoms with Crippen LogP contribution in [0.3, 0.4) is 0 Å². The maximum atomic E-state index is 9.87. The van der Waals surface area contributed by atoms with Gasteiger partial charge in [-0.15, -0.1) is 0 Å². The van der Waals surface area contributed by atoms with E-state index in [1.165, 1.54) is 0 Å². The summed E-state index contributed by atoms with van der Waals surface area (Å²) in [4.78, 5) is 0. The van der Waals surface area contributed by atoms with Crippen LogP contribution in [0.25, 0.3) is 87.6 Å². The van der Waals surface area contributed by atoms with Gasteiger partial charge in [-0.3, -0.25) is 0 Å². The highest BCUT2D eigenvalue weighted by molar-refractivity contribution is 6.24. The van der Waals surface area contributed by atoms with Crippen molar-refractivity contribution in [3.05, 3.63) is 158 Å². The van der Waals surface area contributed by atoms with Gasteiger partial charge in [-0.1, -0.05) is 133 Å². The van der Waals surface area contributed by atoms with Crippen molar-refractivity contribution in [2.24, 2.45) is 0 Å². The molecule has 0 atom stereocenters. The molecule has 1 aromatic heterocycles. The Labute approximate surface area is 259 Å². The number of fused-ring (bicyclic) bond motifs is 6. The van der Waals surface area contributed by atoms with E-state index in [9.17, 15) is 6.85 Å². The fourth-order valence-electron chi connectivity index (χ4n) is 6.35. The monoisotopic (exact) mass is 553 g/mol. The maximum Gasteiger partial charge on any atom is 0.135 e. The van der Waals surface area contributed by atoms with Crippen LogP contribution in [-0.4, -0.2) is 0 Å². The lowest BCUT2D eigenvalue weighted by atomic mass is 9.83. The summed E-state index contributed by atoms with van der Waals surface area (Å²) in [5.74, 6) is 0. The molecule has 0 aliphatic carbocycles. The van der Waals surface area contributed by atoms with Gasteiger partial charge in [0.2, 0.25) is 0 Å². The van der Waals surface area contributed by atoms with Crippen molar-refractivity contribution >= 4 is 54.3 Å². The first-order valence-electron chi connectivity index (χ1n) is 17.7. The molecule has 0 aliphatic rings. The summed E-state index contributed by atoms with van der Waals surface area (Å²) in [7, 11) is 0. The zero-order chi connectivity index (χ0) is 34.4. The van der Waals surface area contributed by atoms with E-state index in [2.05, 4.69) is 0 Å². The Morgan fingerprint density at radius 3 is 2.00 bits per heavy atom. The molecule has 43 heavy (non-hydrogen) atoms. The van der Waals surface area contributed by atoms with Crippen LogP contribution in [0.4, 0.5) is 0 Å². The zero-order valence-electron chi connectivity index (χ0n) is 29.9.